The van der Waals surface area contributed by atoms with Crippen LogP contribution in [0, 0.1) is 0 Å². The number of hydrogen-bond donors (Lipinski definition) is 2. The van der Waals surface area contributed by atoms with Crippen molar-refractivity contribution in [3.63, 3.8) is 0 Å². The number of rotatable bonds is 15. The molecule has 0 aliphatic heterocycles. The molecule has 0 aromatic heterocycles. The Balaban J connectivity index is 3.72. The van der Waals surface area contributed by atoms with Crippen LogP contribution in [0.1, 0.15) is 97.8 Å². The zero-order valence-electron chi connectivity index (χ0n) is 14.4. The molecule has 0 aliphatic rings. The summed E-state index contributed by atoms with van der Waals surface area (Å²) in [6.07, 6.45) is 15.7. The minimum absolute atomic E-state index is 0.350. The first-order chi connectivity index (χ1) is 9.76. The summed E-state index contributed by atoms with van der Waals surface area (Å²) >= 11 is 0. The molecule has 0 spiro atoms. The maximum atomic E-state index is 6.40. The molecule has 0 aliphatic carbocycles. The fourth-order valence-corrected chi connectivity index (χ4v) is 2.80. The molecule has 0 saturated carbocycles. The Morgan fingerprint density at radius 3 is 1.90 bits per heavy atom. The van der Waals surface area contributed by atoms with E-state index in [-0.39, 0.29) is 0 Å². The summed E-state index contributed by atoms with van der Waals surface area (Å²) < 4.78 is 0. The molecule has 0 fully saturated rings. The number of nitrogens with one attached hydrogen (secondary N) is 1. The van der Waals surface area contributed by atoms with Gasteiger partial charge in [0, 0.05) is 12.1 Å². The van der Waals surface area contributed by atoms with Crippen molar-refractivity contribution in [2.75, 3.05) is 6.54 Å². The molecule has 2 atom stereocenters. The van der Waals surface area contributed by atoms with Gasteiger partial charge in [-0.3, -0.25) is 0 Å². The molecule has 0 aromatic rings. The summed E-state index contributed by atoms with van der Waals surface area (Å²) in [6, 6.07) is 0.885. The van der Waals surface area contributed by atoms with Gasteiger partial charge in [-0.1, -0.05) is 78.6 Å². The summed E-state index contributed by atoms with van der Waals surface area (Å²) in [4.78, 5) is 0. The van der Waals surface area contributed by atoms with E-state index in [2.05, 4.69) is 26.1 Å². The summed E-state index contributed by atoms with van der Waals surface area (Å²) in [6.45, 7) is 7.95. The molecular formula is C18H40N2. The van der Waals surface area contributed by atoms with Crippen LogP contribution >= 0.6 is 0 Å². The van der Waals surface area contributed by atoms with Crippen molar-refractivity contribution in [1.82, 2.24) is 5.32 Å². The Bertz CT molecular complexity index is 182. The Hall–Kier alpha value is -0.0800. The highest BCUT2D eigenvalue weighted by molar-refractivity contribution is 4.79. The smallest absolute Gasteiger partial charge is 0.0218 e. The van der Waals surface area contributed by atoms with Crippen LogP contribution in [0.5, 0.6) is 0 Å². The van der Waals surface area contributed by atoms with Crippen molar-refractivity contribution < 1.29 is 0 Å². The van der Waals surface area contributed by atoms with Crippen molar-refractivity contribution >= 4 is 0 Å². The van der Waals surface area contributed by atoms with E-state index in [0.717, 1.165) is 6.54 Å². The average Bonchev–Trinajstić information content (AvgIpc) is 2.45. The maximum absolute atomic E-state index is 6.40. The molecule has 20 heavy (non-hydrogen) atoms. The van der Waals surface area contributed by atoms with Crippen LogP contribution in [-0.2, 0) is 0 Å². The highest BCUT2D eigenvalue weighted by Crippen LogP contribution is 2.11. The van der Waals surface area contributed by atoms with Crippen LogP contribution in [0.3, 0.4) is 0 Å². The fourth-order valence-electron chi connectivity index (χ4n) is 2.80. The van der Waals surface area contributed by atoms with Gasteiger partial charge in [-0.05, 0) is 25.8 Å². The van der Waals surface area contributed by atoms with E-state index in [1.165, 1.54) is 77.0 Å². The topological polar surface area (TPSA) is 38.0 Å². The van der Waals surface area contributed by atoms with Gasteiger partial charge in [0.2, 0.25) is 0 Å². The summed E-state index contributed by atoms with van der Waals surface area (Å²) in [5.41, 5.74) is 6.40. The predicted octanol–water partition coefficient (Wildman–Crippen LogP) is 5.01. The first-order valence-electron chi connectivity index (χ1n) is 9.25. The van der Waals surface area contributed by atoms with Crippen molar-refractivity contribution in [3.05, 3.63) is 0 Å². The quantitative estimate of drug-likeness (QED) is 0.415. The van der Waals surface area contributed by atoms with Crippen LogP contribution in [0.25, 0.3) is 0 Å². The van der Waals surface area contributed by atoms with Gasteiger partial charge in [-0.15, -0.1) is 0 Å². The number of hydrogen-bond acceptors (Lipinski definition) is 2. The standard InChI is InChI=1S/C18H40N2/c1-4-7-9-11-12-15-17(19)18(14-6-3)20-16-13-10-8-5-2/h17-18,20H,4-16,19H2,1-3H3. The minimum Gasteiger partial charge on any atom is -0.326 e. The van der Waals surface area contributed by atoms with Gasteiger partial charge in [-0.2, -0.15) is 0 Å². The second kappa shape index (κ2) is 15.3. The van der Waals surface area contributed by atoms with E-state index < -0.39 is 0 Å². The molecular weight excluding hydrogens is 244 g/mol. The first-order valence-corrected chi connectivity index (χ1v) is 9.25. The van der Waals surface area contributed by atoms with Crippen LogP contribution < -0.4 is 11.1 Å². The molecule has 0 radical (unpaired) electrons. The number of nitrogens with two attached hydrogens (primary N) is 1. The molecule has 0 bridgehead atoms. The van der Waals surface area contributed by atoms with Gasteiger partial charge in [0.15, 0.2) is 0 Å². The molecule has 3 N–H and O–H groups in total. The van der Waals surface area contributed by atoms with E-state index in [9.17, 15) is 0 Å². The third-order valence-electron chi connectivity index (χ3n) is 4.19. The second-order valence-corrected chi connectivity index (χ2v) is 6.28. The van der Waals surface area contributed by atoms with Gasteiger partial charge in [0.05, 0.1) is 0 Å². The summed E-state index contributed by atoms with van der Waals surface area (Å²) in [5, 5.41) is 3.71. The number of unbranched alkanes of at least 4 members (excludes halogenated alkanes) is 7. The SMILES string of the molecule is CCCCCCCC(N)C(CCC)NCCCCCC. The van der Waals surface area contributed by atoms with E-state index in [1.54, 1.807) is 0 Å². The Labute approximate surface area is 128 Å². The molecule has 0 aromatic carbocycles. The van der Waals surface area contributed by atoms with Crippen molar-refractivity contribution in [3.8, 4) is 0 Å². The summed E-state index contributed by atoms with van der Waals surface area (Å²) in [5.74, 6) is 0. The molecule has 2 heteroatoms. The first kappa shape index (κ1) is 19.9. The van der Waals surface area contributed by atoms with Crippen LogP contribution in [0.2, 0.25) is 0 Å². The van der Waals surface area contributed by atoms with Crippen LogP contribution in [0.4, 0.5) is 0 Å². The lowest BCUT2D eigenvalue weighted by molar-refractivity contribution is 0.373. The highest BCUT2D eigenvalue weighted by Gasteiger charge is 2.15. The normalized spacial score (nSPS) is 14.4. The predicted molar refractivity (Wildman–Crippen MR) is 92.2 cm³/mol. The van der Waals surface area contributed by atoms with Crippen LogP contribution in [-0.4, -0.2) is 18.6 Å². The van der Waals surface area contributed by atoms with Gasteiger partial charge >= 0.3 is 0 Å². The van der Waals surface area contributed by atoms with E-state index in [0.29, 0.717) is 12.1 Å². The molecule has 122 valence electrons. The van der Waals surface area contributed by atoms with E-state index >= 15 is 0 Å². The molecule has 0 saturated heterocycles. The van der Waals surface area contributed by atoms with Gasteiger partial charge < -0.3 is 11.1 Å². The Morgan fingerprint density at radius 1 is 0.700 bits per heavy atom. The zero-order valence-corrected chi connectivity index (χ0v) is 14.4. The average molecular weight is 285 g/mol. The lowest BCUT2D eigenvalue weighted by Gasteiger charge is -2.25. The highest BCUT2D eigenvalue weighted by atomic mass is 14.9. The Kier molecular flexibility index (Phi) is 15.3. The maximum Gasteiger partial charge on any atom is 0.0218 e. The zero-order chi connectivity index (χ0) is 15.1. The summed E-state index contributed by atoms with van der Waals surface area (Å²) in [7, 11) is 0. The molecule has 0 amide bonds. The molecule has 2 nitrogen and oxygen atoms in total. The van der Waals surface area contributed by atoms with E-state index in [1.807, 2.05) is 0 Å². The van der Waals surface area contributed by atoms with Crippen LogP contribution in [0.15, 0.2) is 0 Å². The second-order valence-electron chi connectivity index (χ2n) is 6.28. The molecule has 0 rings (SSSR count). The molecule has 0 heterocycles. The third kappa shape index (κ3) is 11.7. The lowest BCUT2D eigenvalue weighted by Crippen LogP contribution is -2.45. The lowest BCUT2D eigenvalue weighted by atomic mass is 9.97. The third-order valence-corrected chi connectivity index (χ3v) is 4.19. The van der Waals surface area contributed by atoms with E-state index in [4.69, 9.17) is 5.73 Å². The van der Waals surface area contributed by atoms with Crippen molar-refractivity contribution in [2.24, 2.45) is 5.73 Å². The van der Waals surface area contributed by atoms with Gasteiger partial charge in [0.1, 0.15) is 0 Å². The monoisotopic (exact) mass is 284 g/mol. The van der Waals surface area contributed by atoms with Crippen molar-refractivity contribution in [2.45, 2.75) is 110 Å². The minimum atomic E-state index is 0.350. The molecule has 2 unspecified atom stereocenters. The van der Waals surface area contributed by atoms with Gasteiger partial charge in [0.25, 0.3) is 0 Å². The fraction of sp³-hybridized carbons (Fsp3) is 1.00. The largest absolute Gasteiger partial charge is 0.326 e. The van der Waals surface area contributed by atoms with Crippen molar-refractivity contribution in [1.29, 1.82) is 0 Å². The Morgan fingerprint density at radius 2 is 1.30 bits per heavy atom. The van der Waals surface area contributed by atoms with Gasteiger partial charge in [-0.25, -0.2) is 0 Å².